The number of thiazole rings is 1. The molecule has 3 N–H and O–H groups in total. The molecule has 1 fully saturated rings. The van der Waals surface area contributed by atoms with Crippen LogP contribution in [0.3, 0.4) is 0 Å². The summed E-state index contributed by atoms with van der Waals surface area (Å²) in [4.78, 5) is 19.4. The number of nitrogens with zero attached hydrogens (tertiary/aromatic N) is 3. The van der Waals surface area contributed by atoms with Gasteiger partial charge in [0.15, 0.2) is 16.6 Å². The Morgan fingerprint density at radius 1 is 1.19 bits per heavy atom. The van der Waals surface area contributed by atoms with Crippen LogP contribution in [0.2, 0.25) is 0 Å². The number of aromatic nitrogens is 3. The van der Waals surface area contributed by atoms with Crippen molar-refractivity contribution >= 4 is 28.2 Å². The number of rotatable bonds is 3. The molecule has 1 aromatic carbocycles. The lowest BCUT2D eigenvalue weighted by molar-refractivity contribution is -0.267. The van der Waals surface area contributed by atoms with Crippen molar-refractivity contribution < 1.29 is 23.1 Å². The third-order valence-electron chi connectivity index (χ3n) is 6.08. The number of benzene rings is 1. The van der Waals surface area contributed by atoms with Crippen molar-refractivity contribution in [1.82, 2.24) is 15.2 Å². The van der Waals surface area contributed by atoms with E-state index in [4.69, 9.17) is 0 Å². The van der Waals surface area contributed by atoms with Gasteiger partial charge in [0.2, 0.25) is 5.91 Å². The monoisotopic (exact) mass is 463 g/mol. The van der Waals surface area contributed by atoms with Gasteiger partial charge in [0.1, 0.15) is 0 Å². The lowest BCUT2D eigenvalue weighted by Crippen LogP contribution is -2.48. The van der Waals surface area contributed by atoms with Crippen LogP contribution < -0.4 is 10.2 Å². The molecule has 1 saturated heterocycles. The van der Waals surface area contributed by atoms with E-state index in [1.807, 2.05) is 36.5 Å². The summed E-state index contributed by atoms with van der Waals surface area (Å²) in [6.45, 7) is 1.22. The van der Waals surface area contributed by atoms with Crippen LogP contribution in [-0.2, 0) is 10.4 Å². The summed E-state index contributed by atoms with van der Waals surface area (Å²) in [7, 11) is 0. The smallest absolute Gasteiger partial charge is 0.376 e. The predicted octanol–water partition coefficient (Wildman–Crippen LogP) is 4.01. The molecule has 2 aliphatic rings. The van der Waals surface area contributed by atoms with Gasteiger partial charge in [-0.05, 0) is 18.4 Å². The summed E-state index contributed by atoms with van der Waals surface area (Å²) in [6, 6.07) is 9.93. The highest BCUT2D eigenvalue weighted by Crippen LogP contribution is 2.50. The number of carbonyl (C=O) groups is 1. The van der Waals surface area contributed by atoms with E-state index in [0.29, 0.717) is 25.9 Å². The quantitative estimate of drug-likeness (QED) is 0.546. The van der Waals surface area contributed by atoms with Crippen molar-refractivity contribution in [2.45, 2.75) is 37.0 Å². The Kier molecular flexibility index (Phi) is 4.97. The number of nitrogens with one attached hydrogen (secondary N) is 2. The van der Waals surface area contributed by atoms with Gasteiger partial charge in [-0.15, -0.1) is 0 Å². The van der Waals surface area contributed by atoms with Crippen molar-refractivity contribution in [2.24, 2.45) is 0 Å². The van der Waals surface area contributed by atoms with E-state index >= 15 is 0 Å². The molecule has 0 aliphatic carbocycles. The number of hydrogen-bond acceptors (Lipinski definition) is 6. The SMILES string of the molecule is O=C1CC(O)(C(F)(F)F)c2c(n[nH]c2C2CCN(c3ncc(-c4ccccc4)s3)CC2)N1. The minimum atomic E-state index is -4.99. The first-order valence-electron chi connectivity index (χ1n) is 10.2. The number of aliphatic hydroxyl groups is 1. The summed E-state index contributed by atoms with van der Waals surface area (Å²) in [5.74, 6) is -1.41. The van der Waals surface area contributed by atoms with Gasteiger partial charge in [-0.25, -0.2) is 4.98 Å². The number of H-pyrrole nitrogens is 1. The van der Waals surface area contributed by atoms with Gasteiger partial charge < -0.3 is 15.3 Å². The van der Waals surface area contributed by atoms with Crippen LogP contribution in [0.25, 0.3) is 10.4 Å². The highest BCUT2D eigenvalue weighted by Gasteiger charge is 2.61. The van der Waals surface area contributed by atoms with Crippen LogP contribution in [0.5, 0.6) is 0 Å². The summed E-state index contributed by atoms with van der Waals surface area (Å²) in [5.41, 5.74) is -2.28. The van der Waals surface area contributed by atoms with E-state index < -0.39 is 24.1 Å². The highest BCUT2D eigenvalue weighted by molar-refractivity contribution is 7.18. The number of alkyl halides is 3. The number of hydrogen-bond donors (Lipinski definition) is 3. The third-order valence-corrected chi connectivity index (χ3v) is 7.18. The molecule has 168 valence electrons. The van der Waals surface area contributed by atoms with Gasteiger partial charge in [0, 0.05) is 30.9 Å². The van der Waals surface area contributed by atoms with Gasteiger partial charge in [-0.2, -0.15) is 18.3 Å². The second-order valence-electron chi connectivity index (χ2n) is 8.08. The molecule has 32 heavy (non-hydrogen) atoms. The number of carbonyl (C=O) groups excluding carboxylic acids is 1. The standard InChI is InChI=1S/C21H20F3N5O2S/c22-21(23,24)20(31)10-15(30)26-18-16(20)17(27-28-18)13-6-8-29(9-7-13)19-25-11-14(32-19)12-4-2-1-3-5-12/h1-5,11,13,31H,6-10H2,(H2,26,27,28,30). The summed E-state index contributed by atoms with van der Waals surface area (Å²) in [5, 5.41) is 20.2. The van der Waals surface area contributed by atoms with Crippen molar-refractivity contribution in [3.05, 3.63) is 47.8 Å². The van der Waals surface area contributed by atoms with Crippen LogP contribution in [0.15, 0.2) is 36.5 Å². The highest BCUT2D eigenvalue weighted by atomic mass is 32.1. The van der Waals surface area contributed by atoms with Crippen molar-refractivity contribution in [1.29, 1.82) is 0 Å². The third kappa shape index (κ3) is 3.45. The fourth-order valence-corrected chi connectivity index (χ4v) is 5.38. The molecule has 0 spiro atoms. The minimum absolute atomic E-state index is 0.239. The largest absolute Gasteiger partial charge is 0.422 e. The fraction of sp³-hybridized carbons (Fsp3) is 0.381. The van der Waals surface area contributed by atoms with E-state index in [-0.39, 0.29) is 23.0 Å². The molecule has 0 radical (unpaired) electrons. The fourth-order valence-electron chi connectivity index (χ4n) is 4.41. The molecule has 11 heteroatoms. The van der Waals surface area contributed by atoms with Gasteiger partial charge in [0.05, 0.1) is 16.9 Å². The first-order valence-corrected chi connectivity index (χ1v) is 11.0. The normalized spacial score (nSPS) is 22.0. The second kappa shape index (κ2) is 7.59. The maximum atomic E-state index is 13.7. The number of piperidine rings is 1. The molecule has 0 saturated carbocycles. The number of aromatic amines is 1. The first kappa shape index (κ1) is 21.0. The summed E-state index contributed by atoms with van der Waals surface area (Å²) < 4.78 is 41.2. The number of halogens is 3. The molecular weight excluding hydrogens is 443 g/mol. The van der Waals surface area contributed by atoms with Crippen molar-refractivity contribution in [3.63, 3.8) is 0 Å². The number of fused-ring (bicyclic) bond motifs is 1. The Morgan fingerprint density at radius 2 is 1.91 bits per heavy atom. The molecule has 5 rings (SSSR count). The number of anilines is 2. The van der Waals surface area contributed by atoms with Crippen molar-refractivity contribution in [2.75, 3.05) is 23.3 Å². The van der Waals surface area contributed by atoms with Gasteiger partial charge >= 0.3 is 6.18 Å². The molecule has 2 aliphatic heterocycles. The van der Waals surface area contributed by atoms with E-state index in [1.165, 1.54) is 0 Å². The van der Waals surface area contributed by atoms with E-state index in [0.717, 1.165) is 15.6 Å². The maximum absolute atomic E-state index is 13.7. The Labute approximate surface area is 185 Å². The summed E-state index contributed by atoms with van der Waals surface area (Å²) in [6.07, 6.45) is -3.10. The predicted molar refractivity (Wildman–Crippen MR) is 114 cm³/mol. The molecular formula is C21H20F3N5O2S. The topological polar surface area (TPSA) is 94.1 Å². The average molecular weight is 463 g/mol. The lowest BCUT2D eigenvalue weighted by atomic mass is 9.81. The zero-order valence-corrected chi connectivity index (χ0v) is 17.6. The Bertz CT molecular complexity index is 1140. The van der Waals surface area contributed by atoms with Crippen molar-refractivity contribution in [3.8, 4) is 10.4 Å². The summed E-state index contributed by atoms with van der Waals surface area (Å²) >= 11 is 1.58. The molecule has 3 aromatic rings. The zero-order chi connectivity index (χ0) is 22.5. The van der Waals surface area contributed by atoms with E-state index in [2.05, 4.69) is 25.4 Å². The molecule has 4 heterocycles. The average Bonchev–Trinajstić information content (AvgIpc) is 3.41. The lowest BCUT2D eigenvalue weighted by Gasteiger charge is -2.36. The van der Waals surface area contributed by atoms with Crippen LogP contribution in [0.1, 0.15) is 36.4 Å². The molecule has 7 nitrogen and oxygen atoms in total. The molecule has 1 unspecified atom stereocenters. The first-order chi connectivity index (χ1) is 15.3. The Morgan fingerprint density at radius 3 is 2.59 bits per heavy atom. The van der Waals surface area contributed by atoms with Crippen LogP contribution in [-0.4, -0.2) is 45.5 Å². The van der Waals surface area contributed by atoms with E-state index in [1.54, 1.807) is 11.3 Å². The van der Waals surface area contributed by atoms with Gasteiger partial charge in [-0.1, -0.05) is 41.7 Å². The van der Waals surface area contributed by atoms with Crippen LogP contribution in [0, 0.1) is 0 Å². The molecule has 0 bridgehead atoms. The molecule has 2 aromatic heterocycles. The maximum Gasteiger partial charge on any atom is 0.422 e. The minimum Gasteiger partial charge on any atom is -0.376 e. The molecule has 1 atom stereocenters. The zero-order valence-electron chi connectivity index (χ0n) is 16.8. The van der Waals surface area contributed by atoms with Crippen LogP contribution in [0.4, 0.5) is 24.1 Å². The Balaban J connectivity index is 1.35. The van der Waals surface area contributed by atoms with Crippen LogP contribution >= 0.6 is 11.3 Å². The number of amides is 1. The van der Waals surface area contributed by atoms with Gasteiger partial charge in [-0.3, -0.25) is 9.89 Å². The van der Waals surface area contributed by atoms with Gasteiger partial charge in [0.25, 0.3) is 0 Å². The molecule has 1 amide bonds. The van der Waals surface area contributed by atoms with E-state index in [9.17, 15) is 23.1 Å². The second-order valence-corrected chi connectivity index (χ2v) is 9.09. The Hall–Kier alpha value is -2.92.